The molecule has 0 spiro atoms. The third-order valence-electron chi connectivity index (χ3n) is 7.53. The minimum Gasteiger partial charge on any atom is -0.496 e. The predicted molar refractivity (Wildman–Crippen MR) is 171 cm³/mol. The molecule has 0 saturated heterocycles. The minimum absolute atomic E-state index is 0.0487. The molecule has 1 aliphatic rings. The van der Waals surface area contributed by atoms with Crippen LogP contribution >= 0.6 is 22.9 Å². The zero-order valence-electron chi connectivity index (χ0n) is 25.3. The lowest BCUT2D eigenvalue weighted by molar-refractivity contribution is -0.143. The number of rotatable bonds is 10. The average Bonchev–Trinajstić information content (AvgIpc) is 3.45. The van der Waals surface area contributed by atoms with E-state index in [1.54, 1.807) is 32.0 Å². The highest BCUT2D eigenvalue weighted by Gasteiger charge is 2.36. The molecule has 0 bridgehead atoms. The molecule has 0 N–H and O–H groups in total. The van der Waals surface area contributed by atoms with Gasteiger partial charge in [-0.05, 0) is 57.5 Å². The fourth-order valence-electron chi connectivity index (χ4n) is 5.64. The van der Waals surface area contributed by atoms with Crippen molar-refractivity contribution in [3.05, 3.63) is 95.3 Å². The largest absolute Gasteiger partial charge is 0.496 e. The molecule has 2 aromatic carbocycles. The normalized spacial score (nSPS) is 14.9. The molecule has 44 heavy (non-hydrogen) atoms. The van der Waals surface area contributed by atoms with Crippen LogP contribution in [0, 0.1) is 6.92 Å². The van der Waals surface area contributed by atoms with Crippen LogP contribution in [-0.2, 0) is 25.6 Å². The van der Waals surface area contributed by atoms with Gasteiger partial charge < -0.3 is 18.8 Å². The van der Waals surface area contributed by atoms with Gasteiger partial charge in [0.05, 0.1) is 36.1 Å². The summed E-state index contributed by atoms with van der Waals surface area (Å²) in [4.78, 5) is 45.6. The van der Waals surface area contributed by atoms with Crippen LogP contribution in [0.15, 0.2) is 63.5 Å². The molecule has 1 atom stereocenters. The molecule has 0 amide bonds. The Labute approximate surface area is 263 Å². The monoisotopic (exact) mass is 635 g/mol. The summed E-state index contributed by atoms with van der Waals surface area (Å²) in [6.45, 7) is 7.94. The van der Waals surface area contributed by atoms with E-state index in [0.29, 0.717) is 37.8 Å². The Balaban J connectivity index is 1.79. The summed E-state index contributed by atoms with van der Waals surface area (Å²) in [7, 11) is 1.53. The third-order valence-corrected chi connectivity index (χ3v) is 8.74. The zero-order chi connectivity index (χ0) is 31.5. The number of para-hydroxylation sites is 1. The molecule has 0 aliphatic carbocycles. The van der Waals surface area contributed by atoms with E-state index in [2.05, 4.69) is 0 Å². The topological polar surface area (TPSA) is 101 Å². The Bertz CT molecular complexity index is 1970. The lowest BCUT2D eigenvalue weighted by Gasteiger charge is -2.27. The van der Waals surface area contributed by atoms with E-state index in [0.717, 1.165) is 28.6 Å². The summed E-state index contributed by atoms with van der Waals surface area (Å²) in [5.41, 5.74) is 3.57. The van der Waals surface area contributed by atoms with Gasteiger partial charge >= 0.3 is 11.9 Å². The van der Waals surface area contributed by atoms with Gasteiger partial charge in [0.25, 0.3) is 5.56 Å². The number of methoxy groups -OCH3 is 1. The molecular weight excluding hydrogens is 602 g/mol. The van der Waals surface area contributed by atoms with Gasteiger partial charge in [-0.25, -0.2) is 9.79 Å². The van der Waals surface area contributed by atoms with E-state index >= 15 is 0 Å². The molecule has 0 fully saturated rings. The Hall–Kier alpha value is -4.15. The lowest BCUT2D eigenvalue weighted by atomic mass is 9.93. The first kappa shape index (κ1) is 31.3. The lowest BCUT2D eigenvalue weighted by Crippen LogP contribution is -2.40. The summed E-state index contributed by atoms with van der Waals surface area (Å²) in [6.07, 6.45) is 3.08. The van der Waals surface area contributed by atoms with Crippen molar-refractivity contribution in [3.63, 3.8) is 0 Å². The molecular formula is C33H34ClN3O6S. The van der Waals surface area contributed by atoms with Gasteiger partial charge in [0.15, 0.2) is 4.80 Å². The molecule has 0 unspecified atom stereocenters. The second kappa shape index (κ2) is 13.2. The van der Waals surface area contributed by atoms with Crippen molar-refractivity contribution in [2.24, 2.45) is 4.99 Å². The Morgan fingerprint density at radius 1 is 1.09 bits per heavy atom. The summed E-state index contributed by atoms with van der Waals surface area (Å²) in [6, 6.07) is 12.0. The second-order valence-corrected chi connectivity index (χ2v) is 11.7. The van der Waals surface area contributed by atoms with Crippen LogP contribution in [0.2, 0.25) is 5.02 Å². The Kier molecular flexibility index (Phi) is 9.41. The van der Waals surface area contributed by atoms with Gasteiger partial charge in [-0.2, -0.15) is 0 Å². The highest BCUT2D eigenvalue weighted by atomic mass is 35.5. The van der Waals surface area contributed by atoms with Crippen LogP contribution in [0.4, 0.5) is 0 Å². The first-order valence-corrected chi connectivity index (χ1v) is 15.7. The molecule has 230 valence electrons. The molecule has 4 aromatic rings. The standard InChI is InChI=1S/C33H34ClN3O6S/c1-6-11-24-29(32(40)43-8-3)30(23-16-20(34)14-15-26(23)41-5)37-31(39)27(44-33(37)35-24)17-22-19(4)36(18-28(38)42-7-2)25-13-10-9-12-21(22)25/h9-10,12-17,30H,6-8,11,18H2,1-5H3/b27-17+/t30-/m0/s1. The molecule has 0 radical (unpaired) electrons. The van der Waals surface area contributed by atoms with Crippen molar-refractivity contribution >= 4 is 51.9 Å². The molecule has 3 heterocycles. The van der Waals surface area contributed by atoms with E-state index < -0.39 is 12.0 Å². The summed E-state index contributed by atoms with van der Waals surface area (Å²) in [5.74, 6) is -0.405. The number of ether oxygens (including phenoxy) is 3. The van der Waals surface area contributed by atoms with Gasteiger partial charge in [0.1, 0.15) is 18.3 Å². The van der Waals surface area contributed by atoms with Gasteiger partial charge in [-0.1, -0.05) is 54.5 Å². The molecule has 9 nitrogen and oxygen atoms in total. The average molecular weight is 636 g/mol. The number of halogens is 1. The van der Waals surface area contributed by atoms with Crippen molar-refractivity contribution < 1.29 is 23.8 Å². The molecule has 5 rings (SSSR count). The number of allylic oxidation sites excluding steroid dienone is 1. The molecule has 0 saturated carbocycles. The first-order valence-electron chi connectivity index (χ1n) is 14.5. The maximum absolute atomic E-state index is 14.3. The fraction of sp³-hybridized carbons (Fsp3) is 0.333. The number of benzene rings is 2. The number of thiazole rings is 1. The number of carbonyl (C=O) groups is 2. The van der Waals surface area contributed by atoms with Gasteiger partial charge in [0.2, 0.25) is 0 Å². The smallest absolute Gasteiger partial charge is 0.338 e. The van der Waals surface area contributed by atoms with Crippen molar-refractivity contribution in [1.82, 2.24) is 9.13 Å². The second-order valence-electron chi connectivity index (χ2n) is 10.2. The van der Waals surface area contributed by atoms with E-state index in [1.165, 1.54) is 23.0 Å². The maximum atomic E-state index is 14.3. The maximum Gasteiger partial charge on any atom is 0.338 e. The van der Waals surface area contributed by atoms with Crippen molar-refractivity contribution in [2.75, 3.05) is 20.3 Å². The van der Waals surface area contributed by atoms with E-state index in [-0.39, 0.29) is 36.9 Å². The van der Waals surface area contributed by atoms with E-state index in [9.17, 15) is 14.4 Å². The van der Waals surface area contributed by atoms with Crippen LogP contribution in [0.25, 0.3) is 17.0 Å². The number of fused-ring (bicyclic) bond motifs is 2. The number of hydrogen-bond donors (Lipinski definition) is 0. The van der Waals surface area contributed by atoms with Crippen molar-refractivity contribution in [3.8, 4) is 5.75 Å². The van der Waals surface area contributed by atoms with Crippen molar-refractivity contribution in [2.45, 2.75) is 53.1 Å². The summed E-state index contributed by atoms with van der Waals surface area (Å²) < 4.78 is 20.3. The van der Waals surface area contributed by atoms with Gasteiger partial charge in [0, 0.05) is 32.7 Å². The van der Waals surface area contributed by atoms with Crippen LogP contribution in [0.5, 0.6) is 5.75 Å². The number of hydrogen-bond acceptors (Lipinski definition) is 8. The minimum atomic E-state index is -0.867. The van der Waals surface area contributed by atoms with Crippen LogP contribution in [-0.4, -0.2) is 41.4 Å². The Morgan fingerprint density at radius 3 is 2.55 bits per heavy atom. The first-order chi connectivity index (χ1) is 21.2. The van der Waals surface area contributed by atoms with Crippen LogP contribution < -0.4 is 19.6 Å². The highest BCUT2D eigenvalue weighted by Crippen LogP contribution is 2.38. The van der Waals surface area contributed by atoms with Gasteiger partial charge in [-0.15, -0.1) is 0 Å². The quantitative estimate of drug-likeness (QED) is 0.226. The molecule has 2 aromatic heterocycles. The van der Waals surface area contributed by atoms with E-state index in [4.69, 9.17) is 30.8 Å². The summed E-state index contributed by atoms with van der Waals surface area (Å²) >= 11 is 7.70. The molecule has 1 aliphatic heterocycles. The number of aromatic nitrogens is 2. The number of carbonyl (C=O) groups excluding carboxylic acids is 2. The SMILES string of the molecule is CCCC1=C(C(=O)OCC)[C@H](c2cc(Cl)ccc2OC)n2c(s/c(=C/c3c(C)n(CC(=O)OCC)c4ccccc34)c2=O)=N1. The van der Waals surface area contributed by atoms with E-state index in [1.807, 2.05) is 48.8 Å². The van der Waals surface area contributed by atoms with Crippen LogP contribution in [0.3, 0.4) is 0 Å². The predicted octanol–water partition coefficient (Wildman–Crippen LogP) is 5.07. The van der Waals surface area contributed by atoms with Crippen LogP contribution in [0.1, 0.15) is 56.5 Å². The number of esters is 2. The zero-order valence-corrected chi connectivity index (χ0v) is 26.9. The van der Waals surface area contributed by atoms with Crippen molar-refractivity contribution in [1.29, 1.82) is 0 Å². The van der Waals surface area contributed by atoms with Gasteiger partial charge in [-0.3, -0.25) is 14.2 Å². The number of nitrogens with zero attached hydrogens (tertiary/aromatic N) is 3. The third kappa shape index (κ3) is 5.71. The Morgan fingerprint density at radius 2 is 1.84 bits per heavy atom. The highest BCUT2D eigenvalue weighted by molar-refractivity contribution is 7.07. The fourth-order valence-corrected chi connectivity index (χ4v) is 6.83. The summed E-state index contributed by atoms with van der Waals surface area (Å²) in [5, 5.41) is 1.33. The molecule has 11 heteroatoms.